The van der Waals surface area contributed by atoms with Crippen LogP contribution in [0.25, 0.3) is 0 Å². The first-order valence-corrected chi connectivity index (χ1v) is 6.00. The SMILES string of the molecule is Cc1nn(C)c(C(=O)NC(C)c2cccnc2)c1N. The molecule has 0 aliphatic carbocycles. The Morgan fingerprint density at radius 3 is 2.79 bits per heavy atom. The summed E-state index contributed by atoms with van der Waals surface area (Å²) in [5.74, 6) is -0.239. The molecule has 2 heterocycles. The van der Waals surface area contributed by atoms with Crippen molar-refractivity contribution in [3.05, 3.63) is 41.5 Å². The van der Waals surface area contributed by atoms with Gasteiger partial charge < -0.3 is 11.1 Å². The molecule has 100 valence electrons. The Morgan fingerprint density at radius 2 is 2.26 bits per heavy atom. The lowest BCUT2D eigenvalue weighted by molar-refractivity contribution is 0.0931. The van der Waals surface area contributed by atoms with E-state index in [-0.39, 0.29) is 11.9 Å². The van der Waals surface area contributed by atoms with E-state index >= 15 is 0 Å². The van der Waals surface area contributed by atoms with Crippen LogP contribution in [0.2, 0.25) is 0 Å². The molecule has 1 unspecified atom stereocenters. The zero-order chi connectivity index (χ0) is 14.0. The summed E-state index contributed by atoms with van der Waals surface area (Å²) in [4.78, 5) is 16.2. The van der Waals surface area contributed by atoms with Gasteiger partial charge in [-0.15, -0.1) is 0 Å². The summed E-state index contributed by atoms with van der Waals surface area (Å²) >= 11 is 0. The highest BCUT2D eigenvalue weighted by atomic mass is 16.2. The van der Waals surface area contributed by atoms with E-state index in [1.54, 1.807) is 26.4 Å². The predicted octanol–water partition coefficient (Wildman–Crippen LogP) is 1.20. The molecule has 1 amide bonds. The van der Waals surface area contributed by atoms with Crippen molar-refractivity contribution in [2.24, 2.45) is 7.05 Å². The van der Waals surface area contributed by atoms with E-state index in [1.807, 2.05) is 19.1 Å². The van der Waals surface area contributed by atoms with Crippen molar-refractivity contribution in [1.29, 1.82) is 0 Å². The van der Waals surface area contributed by atoms with Gasteiger partial charge in [0.25, 0.3) is 5.91 Å². The molecule has 1 atom stereocenters. The number of carbonyl (C=O) groups excluding carboxylic acids is 1. The van der Waals surface area contributed by atoms with Crippen LogP contribution in [0.1, 0.15) is 34.7 Å². The number of aromatic nitrogens is 3. The second kappa shape index (κ2) is 5.09. The van der Waals surface area contributed by atoms with Gasteiger partial charge in [-0.25, -0.2) is 0 Å². The number of nitrogen functional groups attached to an aromatic ring is 1. The Bertz CT molecular complexity index is 591. The van der Waals surface area contributed by atoms with Crippen molar-refractivity contribution < 1.29 is 4.79 Å². The molecular formula is C13H17N5O. The zero-order valence-electron chi connectivity index (χ0n) is 11.2. The molecular weight excluding hydrogens is 242 g/mol. The van der Waals surface area contributed by atoms with Crippen LogP contribution in [0, 0.1) is 6.92 Å². The zero-order valence-corrected chi connectivity index (χ0v) is 11.2. The van der Waals surface area contributed by atoms with Gasteiger partial charge in [0.1, 0.15) is 5.69 Å². The van der Waals surface area contributed by atoms with Gasteiger partial charge in [-0.05, 0) is 25.5 Å². The van der Waals surface area contributed by atoms with E-state index in [1.165, 1.54) is 4.68 Å². The Kier molecular flexibility index (Phi) is 3.50. The minimum Gasteiger partial charge on any atom is -0.395 e. The number of anilines is 1. The molecule has 0 saturated carbocycles. The Morgan fingerprint density at radius 1 is 1.53 bits per heavy atom. The summed E-state index contributed by atoms with van der Waals surface area (Å²) < 4.78 is 1.50. The van der Waals surface area contributed by atoms with Crippen molar-refractivity contribution >= 4 is 11.6 Å². The third kappa shape index (κ3) is 2.57. The topological polar surface area (TPSA) is 85.8 Å². The van der Waals surface area contributed by atoms with Crippen LogP contribution in [-0.4, -0.2) is 20.7 Å². The fraction of sp³-hybridized carbons (Fsp3) is 0.308. The molecule has 19 heavy (non-hydrogen) atoms. The normalized spacial score (nSPS) is 12.2. The summed E-state index contributed by atoms with van der Waals surface area (Å²) in [5, 5.41) is 7.02. The molecule has 0 aliphatic rings. The highest BCUT2D eigenvalue weighted by molar-refractivity contribution is 5.98. The van der Waals surface area contributed by atoms with Crippen LogP contribution in [0.3, 0.4) is 0 Å². The van der Waals surface area contributed by atoms with Gasteiger partial charge >= 0.3 is 0 Å². The lowest BCUT2D eigenvalue weighted by atomic mass is 10.1. The number of hydrogen-bond acceptors (Lipinski definition) is 4. The molecule has 0 bridgehead atoms. The van der Waals surface area contributed by atoms with Crippen molar-refractivity contribution in [2.45, 2.75) is 19.9 Å². The van der Waals surface area contributed by atoms with Crippen LogP contribution in [0.15, 0.2) is 24.5 Å². The second-order valence-corrected chi connectivity index (χ2v) is 4.45. The fourth-order valence-electron chi connectivity index (χ4n) is 1.92. The quantitative estimate of drug-likeness (QED) is 0.867. The first-order valence-electron chi connectivity index (χ1n) is 6.00. The number of nitrogens with one attached hydrogen (secondary N) is 1. The van der Waals surface area contributed by atoms with Gasteiger partial charge in [0.15, 0.2) is 0 Å². The molecule has 3 N–H and O–H groups in total. The van der Waals surface area contributed by atoms with Gasteiger partial charge in [-0.2, -0.15) is 5.10 Å². The van der Waals surface area contributed by atoms with Gasteiger partial charge in [0, 0.05) is 19.4 Å². The number of hydrogen-bond donors (Lipinski definition) is 2. The first-order chi connectivity index (χ1) is 9.00. The van der Waals surface area contributed by atoms with Crippen LogP contribution in [0.4, 0.5) is 5.69 Å². The largest absolute Gasteiger partial charge is 0.395 e. The third-order valence-corrected chi connectivity index (χ3v) is 3.02. The number of aryl methyl sites for hydroxylation is 2. The Labute approximate surface area is 111 Å². The van der Waals surface area contributed by atoms with E-state index in [0.29, 0.717) is 17.1 Å². The monoisotopic (exact) mass is 259 g/mol. The average molecular weight is 259 g/mol. The molecule has 0 aliphatic heterocycles. The molecule has 6 nitrogen and oxygen atoms in total. The molecule has 2 aromatic rings. The summed E-state index contributed by atoms with van der Waals surface area (Å²) in [6.07, 6.45) is 3.42. The van der Waals surface area contributed by atoms with Crippen molar-refractivity contribution in [1.82, 2.24) is 20.1 Å². The maximum atomic E-state index is 12.2. The second-order valence-electron chi connectivity index (χ2n) is 4.45. The highest BCUT2D eigenvalue weighted by Crippen LogP contribution is 2.17. The van der Waals surface area contributed by atoms with Crippen molar-refractivity contribution in [3.63, 3.8) is 0 Å². The summed E-state index contributed by atoms with van der Waals surface area (Å²) in [6.45, 7) is 3.67. The molecule has 0 radical (unpaired) electrons. The Balaban J connectivity index is 2.18. The van der Waals surface area contributed by atoms with Crippen molar-refractivity contribution in [3.8, 4) is 0 Å². The van der Waals surface area contributed by atoms with Crippen LogP contribution >= 0.6 is 0 Å². The van der Waals surface area contributed by atoms with E-state index in [9.17, 15) is 4.79 Å². The third-order valence-electron chi connectivity index (χ3n) is 3.02. The average Bonchev–Trinajstić information content (AvgIpc) is 2.64. The Hall–Kier alpha value is -2.37. The minimum absolute atomic E-state index is 0.143. The van der Waals surface area contributed by atoms with E-state index in [0.717, 1.165) is 5.56 Å². The van der Waals surface area contributed by atoms with Crippen LogP contribution in [-0.2, 0) is 7.05 Å². The smallest absolute Gasteiger partial charge is 0.272 e. The van der Waals surface area contributed by atoms with E-state index in [4.69, 9.17) is 5.73 Å². The van der Waals surface area contributed by atoms with Crippen LogP contribution in [0.5, 0.6) is 0 Å². The molecule has 0 spiro atoms. The van der Waals surface area contributed by atoms with Crippen molar-refractivity contribution in [2.75, 3.05) is 5.73 Å². The van der Waals surface area contributed by atoms with Gasteiger partial charge in [-0.1, -0.05) is 6.07 Å². The molecule has 6 heteroatoms. The number of pyridine rings is 1. The summed E-state index contributed by atoms with van der Waals surface area (Å²) in [5.41, 5.74) is 8.25. The maximum absolute atomic E-state index is 12.2. The standard InChI is InChI=1S/C13H17N5O/c1-8(10-5-4-6-15-7-10)16-13(19)12-11(14)9(2)17-18(12)3/h4-8H,14H2,1-3H3,(H,16,19). The number of nitrogens with two attached hydrogens (primary N) is 1. The number of rotatable bonds is 3. The molecule has 2 rings (SSSR count). The number of carbonyl (C=O) groups is 1. The minimum atomic E-state index is -0.239. The highest BCUT2D eigenvalue weighted by Gasteiger charge is 2.19. The number of nitrogens with zero attached hydrogens (tertiary/aromatic N) is 3. The summed E-state index contributed by atoms with van der Waals surface area (Å²) in [7, 11) is 1.70. The fourth-order valence-corrected chi connectivity index (χ4v) is 1.92. The van der Waals surface area contributed by atoms with E-state index in [2.05, 4.69) is 15.4 Å². The van der Waals surface area contributed by atoms with Gasteiger partial charge in [0.2, 0.25) is 0 Å². The summed E-state index contributed by atoms with van der Waals surface area (Å²) in [6, 6.07) is 3.60. The molecule has 0 saturated heterocycles. The number of amides is 1. The lowest BCUT2D eigenvalue weighted by Crippen LogP contribution is -2.29. The van der Waals surface area contributed by atoms with Crippen LogP contribution < -0.4 is 11.1 Å². The first kappa shape index (κ1) is 13.1. The molecule has 0 fully saturated rings. The lowest BCUT2D eigenvalue weighted by Gasteiger charge is -2.14. The van der Waals surface area contributed by atoms with E-state index < -0.39 is 0 Å². The molecule has 2 aromatic heterocycles. The molecule has 0 aromatic carbocycles. The maximum Gasteiger partial charge on any atom is 0.272 e. The van der Waals surface area contributed by atoms with Gasteiger partial charge in [0.05, 0.1) is 17.4 Å². The van der Waals surface area contributed by atoms with Gasteiger partial charge in [-0.3, -0.25) is 14.5 Å². The predicted molar refractivity (Wildman–Crippen MR) is 72.5 cm³/mol.